The molecular formula is C47H37N7. The molecule has 3 aromatic heterocycles. The van der Waals surface area contributed by atoms with Crippen LogP contribution >= 0.6 is 0 Å². The van der Waals surface area contributed by atoms with Crippen molar-refractivity contribution in [3.05, 3.63) is 210 Å². The van der Waals surface area contributed by atoms with Crippen molar-refractivity contribution in [2.75, 3.05) is 0 Å². The summed E-state index contributed by atoms with van der Waals surface area (Å²) in [6.45, 7) is 4.74. The molecule has 0 aliphatic carbocycles. The highest BCUT2D eigenvalue weighted by Gasteiger charge is 2.41. The zero-order valence-electron chi connectivity index (χ0n) is 30.1. The predicted octanol–water partition coefficient (Wildman–Crippen LogP) is 9.92. The van der Waals surface area contributed by atoms with Gasteiger partial charge in [0.05, 0.1) is 12.1 Å². The van der Waals surface area contributed by atoms with E-state index in [4.69, 9.17) is 25.5 Å². The van der Waals surface area contributed by atoms with E-state index in [1.54, 1.807) is 4.80 Å². The van der Waals surface area contributed by atoms with Crippen LogP contribution in [0, 0.1) is 13.8 Å². The highest BCUT2D eigenvalue weighted by molar-refractivity contribution is 5.95. The molecule has 0 amide bonds. The standard InChI is InChI=1S/C47H37N7/c1-33-31-43-44(34(2)48-33)45(37-17-7-3-8-18-37)50-53(43)32-35-27-29-36(30-28-35)41-25-15-16-26-42(41)46-49-52-54(51-46)47(38-19-9-4-10-20-38,39-21-11-5-12-22-39)40-23-13-6-14-24-40/h3-31H,32H2,1-2H3. The lowest BCUT2D eigenvalue weighted by molar-refractivity contribution is 0.396. The smallest absolute Gasteiger partial charge is 0.205 e. The molecule has 6 aromatic carbocycles. The molecular weight excluding hydrogens is 663 g/mol. The van der Waals surface area contributed by atoms with Crippen LogP contribution in [0.2, 0.25) is 0 Å². The average Bonchev–Trinajstić information content (AvgIpc) is 3.86. The number of benzene rings is 6. The Kier molecular flexibility index (Phi) is 8.44. The van der Waals surface area contributed by atoms with Crippen LogP contribution in [0.4, 0.5) is 0 Å². The van der Waals surface area contributed by atoms with Crippen molar-refractivity contribution < 1.29 is 0 Å². The van der Waals surface area contributed by atoms with Gasteiger partial charge in [0, 0.05) is 27.9 Å². The molecule has 3 heterocycles. The Bertz CT molecular complexity index is 2590. The summed E-state index contributed by atoms with van der Waals surface area (Å²) in [7, 11) is 0. The zero-order valence-corrected chi connectivity index (χ0v) is 30.1. The number of aromatic nitrogens is 7. The van der Waals surface area contributed by atoms with Gasteiger partial charge in [-0.05, 0) is 58.5 Å². The zero-order chi connectivity index (χ0) is 36.5. The Morgan fingerprint density at radius 2 is 1.07 bits per heavy atom. The molecule has 0 spiro atoms. The number of tetrazole rings is 1. The van der Waals surface area contributed by atoms with E-state index < -0.39 is 5.54 Å². The summed E-state index contributed by atoms with van der Waals surface area (Å²) in [6, 6.07) is 60.7. The first-order valence-corrected chi connectivity index (χ1v) is 18.2. The fraction of sp³-hybridized carbons (Fsp3) is 0.0851. The number of rotatable bonds is 9. The molecule has 0 fully saturated rings. The topological polar surface area (TPSA) is 74.3 Å². The maximum Gasteiger partial charge on any atom is 0.205 e. The maximum atomic E-state index is 5.19. The number of hydrogen-bond acceptors (Lipinski definition) is 5. The molecule has 0 bridgehead atoms. The van der Waals surface area contributed by atoms with Crippen LogP contribution in [0.25, 0.3) is 44.7 Å². The van der Waals surface area contributed by atoms with E-state index in [1.165, 1.54) is 0 Å². The summed E-state index contributed by atoms with van der Waals surface area (Å²) in [5, 5.41) is 20.9. The third-order valence-electron chi connectivity index (χ3n) is 10.1. The minimum Gasteiger partial charge on any atom is -0.260 e. The van der Waals surface area contributed by atoms with E-state index in [2.05, 4.69) is 157 Å². The molecule has 0 saturated carbocycles. The lowest BCUT2D eigenvalue weighted by Crippen LogP contribution is -2.39. The van der Waals surface area contributed by atoms with Crippen LogP contribution in [0.1, 0.15) is 33.6 Å². The van der Waals surface area contributed by atoms with E-state index >= 15 is 0 Å². The van der Waals surface area contributed by atoms with E-state index in [9.17, 15) is 0 Å². The van der Waals surface area contributed by atoms with Crippen molar-refractivity contribution in [1.29, 1.82) is 0 Å². The molecule has 9 rings (SSSR count). The van der Waals surface area contributed by atoms with Gasteiger partial charge in [0.15, 0.2) is 5.54 Å². The van der Waals surface area contributed by atoms with E-state index in [1.807, 2.05) is 37.3 Å². The molecule has 7 nitrogen and oxygen atoms in total. The summed E-state index contributed by atoms with van der Waals surface area (Å²) in [6.07, 6.45) is 0. The minimum atomic E-state index is -0.851. The Hall–Kier alpha value is -6.99. The number of aryl methyl sites for hydroxylation is 2. The van der Waals surface area contributed by atoms with Crippen LogP contribution in [0.5, 0.6) is 0 Å². The van der Waals surface area contributed by atoms with Gasteiger partial charge in [-0.3, -0.25) is 9.67 Å². The van der Waals surface area contributed by atoms with Crippen LogP contribution in [-0.4, -0.2) is 35.0 Å². The monoisotopic (exact) mass is 699 g/mol. The molecule has 54 heavy (non-hydrogen) atoms. The van der Waals surface area contributed by atoms with Crippen LogP contribution in [-0.2, 0) is 12.1 Å². The second-order valence-corrected chi connectivity index (χ2v) is 13.6. The molecule has 0 aliphatic heterocycles. The van der Waals surface area contributed by atoms with Gasteiger partial charge in [-0.15, -0.1) is 15.0 Å². The van der Waals surface area contributed by atoms with Gasteiger partial charge in [-0.2, -0.15) is 5.10 Å². The Morgan fingerprint density at radius 3 is 1.67 bits per heavy atom. The van der Waals surface area contributed by atoms with Crippen molar-refractivity contribution in [3.8, 4) is 33.8 Å². The normalized spacial score (nSPS) is 11.6. The van der Waals surface area contributed by atoms with Crippen molar-refractivity contribution in [3.63, 3.8) is 0 Å². The second kappa shape index (κ2) is 13.9. The first kappa shape index (κ1) is 32.9. The summed E-state index contributed by atoms with van der Waals surface area (Å²) < 4.78 is 2.10. The first-order chi connectivity index (χ1) is 26.6. The van der Waals surface area contributed by atoms with Gasteiger partial charge in [0.25, 0.3) is 0 Å². The fourth-order valence-corrected chi connectivity index (χ4v) is 7.69. The van der Waals surface area contributed by atoms with Crippen LogP contribution in [0.3, 0.4) is 0 Å². The summed E-state index contributed by atoms with van der Waals surface area (Å²) in [5.74, 6) is 0.553. The number of pyridine rings is 1. The molecule has 0 unspecified atom stereocenters. The van der Waals surface area contributed by atoms with Gasteiger partial charge in [-0.1, -0.05) is 170 Å². The number of nitrogens with zero attached hydrogens (tertiary/aromatic N) is 7. The molecule has 7 heteroatoms. The SMILES string of the molecule is Cc1cc2c(c(C)n1)c(-c1ccccc1)nn2Cc1ccc(-c2ccccc2-c2nnn(C(c3ccccc3)(c3ccccc3)c3ccccc3)n2)cc1. The summed E-state index contributed by atoms with van der Waals surface area (Å²) >= 11 is 0. The molecule has 0 saturated heterocycles. The summed E-state index contributed by atoms with van der Waals surface area (Å²) in [5.41, 5.74) is 11.5. The van der Waals surface area contributed by atoms with E-state index in [-0.39, 0.29) is 0 Å². The molecule has 9 aromatic rings. The first-order valence-electron chi connectivity index (χ1n) is 18.2. The van der Waals surface area contributed by atoms with Crippen molar-refractivity contribution in [2.24, 2.45) is 0 Å². The van der Waals surface area contributed by atoms with Crippen molar-refractivity contribution in [1.82, 2.24) is 35.0 Å². The quantitative estimate of drug-likeness (QED) is 0.140. The van der Waals surface area contributed by atoms with Crippen molar-refractivity contribution >= 4 is 10.9 Å². The van der Waals surface area contributed by atoms with Crippen LogP contribution in [0.15, 0.2) is 176 Å². The molecule has 0 aliphatic rings. The van der Waals surface area contributed by atoms with E-state index in [0.29, 0.717) is 12.4 Å². The van der Waals surface area contributed by atoms with Gasteiger partial charge in [-0.25, -0.2) is 0 Å². The third-order valence-corrected chi connectivity index (χ3v) is 10.1. The average molecular weight is 700 g/mol. The molecule has 0 N–H and O–H groups in total. The van der Waals surface area contributed by atoms with Gasteiger partial charge in [0.1, 0.15) is 5.69 Å². The number of fused-ring (bicyclic) bond motifs is 1. The van der Waals surface area contributed by atoms with Gasteiger partial charge < -0.3 is 0 Å². The molecule has 260 valence electrons. The Balaban J connectivity index is 1.09. The highest BCUT2D eigenvalue weighted by Crippen LogP contribution is 2.40. The van der Waals surface area contributed by atoms with Crippen molar-refractivity contribution in [2.45, 2.75) is 25.9 Å². The largest absolute Gasteiger partial charge is 0.260 e. The van der Waals surface area contributed by atoms with E-state index in [0.717, 1.165) is 72.5 Å². The molecule has 0 atom stereocenters. The predicted molar refractivity (Wildman–Crippen MR) is 215 cm³/mol. The maximum absolute atomic E-state index is 5.19. The fourth-order valence-electron chi connectivity index (χ4n) is 7.69. The Morgan fingerprint density at radius 1 is 0.537 bits per heavy atom. The summed E-state index contributed by atoms with van der Waals surface area (Å²) in [4.78, 5) is 6.56. The lowest BCUT2D eigenvalue weighted by atomic mass is 9.77. The van der Waals surface area contributed by atoms with Crippen LogP contribution < -0.4 is 0 Å². The Labute approximate surface area is 314 Å². The van der Waals surface area contributed by atoms with Gasteiger partial charge in [0.2, 0.25) is 5.82 Å². The third kappa shape index (κ3) is 5.76. The van der Waals surface area contributed by atoms with Gasteiger partial charge >= 0.3 is 0 Å². The highest BCUT2D eigenvalue weighted by atomic mass is 15.6. The minimum absolute atomic E-state index is 0.553. The lowest BCUT2D eigenvalue weighted by Gasteiger charge is -2.34. The second-order valence-electron chi connectivity index (χ2n) is 13.6. The molecule has 0 radical (unpaired) electrons. The number of hydrogen-bond donors (Lipinski definition) is 0.